The topological polar surface area (TPSA) is 67.9 Å². The van der Waals surface area contributed by atoms with Crippen LogP contribution in [0.25, 0.3) is 0 Å². The summed E-state index contributed by atoms with van der Waals surface area (Å²) >= 11 is 1.52. The van der Waals surface area contributed by atoms with Gasteiger partial charge in [-0.3, -0.25) is 0 Å². The fraction of sp³-hybridized carbons (Fsp3) is 0.250. The quantitative estimate of drug-likeness (QED) is 0.863. The molecule has 0 spiro atoms. The number of hydrogen-bond donors (Lipinski definition) is 1. The van der Waals surface area contributed by atoms with Gasteiger partial charge in [0, 0.05) is 19.0 Å². The molecule has 1 aromatic carbocycles. The molecule has 1 heterocycles. The van der Waals surface area contributed by atoms with Crippen molar-refractivity contribution in [3.05, 3.63) is 35.9 Å². The van der Waals surface area contributed by atoms with Crippen LogP contribution in [0.2, 0.25) is 0 Å². The summed E-state index contributed by atoms with van der Waals surface area (Å²) in [6, 6.07) is 6.29. The van der Waals surface area contributed by atoms with Crippen LogP contribution in [-0.4, -0.2) is 29.0 Å². The Balaban J connectivity index is 2.08. The molecule has 0 saturated heterocycles. The molecular formula is C12H14FN5S. The van der Waals surface area contributed by atoms with Crippen molar-refractivity contribution >= 4 is 23.7 Å². The van der Waals surface area contributed by atoms with Gasteiger partial charge >= 0.3 is 0 Å². The smallest absolute Gasteiger partial charge is 0.229 e. The molecule has 2 rings (SSSR count). The summed E-state index contributed by atoms with van der Waals surface area (Å²) in [5.74, 6) is 1.64. The van der Waals surface area contributed by atoms with Crippen LogP contribution < -0.4 is 10.6 Å². The molecular weight excluding hydrogens is 265 g/mol. The summed E-state index contributed by atoms with van der Waals surface area (Å²) in [5, 5.41) is 0. The number of benzene rings is 1. The minimum atomic E-state index is -0.247. The fourth-order valence-corrected chi connectivity index (χ4v) is 2.12. The first-order chi connectivity index (χ1) is 9.04. The first-order valence-corrected chi connectivity index (χ1v) is 6.59. The van der Waals surface area contributed by atoms with Gasteiger partial charge in [0.25, 0.3) is 0 Å². The summed E-state index contributed by atoms with van der Waals surface area (Å²) < 4.78 is 12.8. The Morgan fingerprint density at radius 1 is 1.16 bits per heavy atom. The standard InChI is InChI=1S/C12H14FN5S/c1-18(2)12-16-10(15-11(14)17-12)7-19-9-5-3-8(13)4-6-9/h3-6H,7H2,1-2H3,(H2,14,15,16,17). The second-order valence-corrected chi connectivity index (χ2v) is 5.10. The molecule has 7 heteroatoms. The number of halogens is 1. The molecule has 1 aromatic heterocycles. The molecule has 2 N–H and O–H groups in total. The van der Waals surface area contributed by atoms with Crippen molar-refractivity contribution < 1.29 is 4.39 Å². The van der Waals surface area contributed by atoms with Gasteiger partial charge in [-0.15, -0.1) is 11.8 Å². The lowest BCUT2D eigenvalue weighted by atomic mass is 10.4. The highest BCUT2D eigenvalue weighted by molar-refractivity contribution is 7.98. The lowest BCUT2D eigenvalue weighted by Crippen LogP contribution is -2.15. The Hall–Kier alpha value is -1.89. The van der Waals surface area contributed by atoms with E-state index >= 15 is 0 Å². The molecule has 19 heavy (non-hydrogen) atoms. The van der Waals surface area contributed by atoms with E-state index in [0.717, 1.165) is 4.90 Å². The number of rotatable bonds is 4. The van der Waals surface area contributed by atoms with E-state index in [1.54, 1.807) is 17.0 Å². The highest BCUT2D eigenvalue weighted by atomic mass is 32.2. The molecule has 0 amide bonds. The van der Waals surface area contributed by atoms with Crippen molar-refractivity contribution in [3.63, 3.8) is 0 Å². The molecule has 100 valence electrons. The second kappa shape index (κ2) is 5.83. The van der Waals surface area contributed by atoms with Crippen molar-refractivity contribution in [2.24, 2.45) is 0 Å². The third-order valence-electron chi connectivity index (χ3n) is 2.27. The molecule has 0 radical (unpaired) electrons. The van der Waals surface area contributed by atoms with Crippen LogP contribution in [-0.2, 0) is 5.75 Å². The molecule has 2 aromatic rings. The van der Waals surface area contributed by atoms with Crippen molar-refractivity contribution in [1.29, 1.82) is 0 Å². The van der Waals surface area contributed by atoms with Crippen molar-refractivity contribution in [2.75, 3.05) is 24.7 Å². The minimum absolute atomic E-state index is 0.202. The maximum absolute atomic E-state index is 12.8. The third kappa shape index (κ3) is 3.78. The van der Waals surface area contributed by atoms with Gasteiger partial charge in [-0.1, -0.05) is 0 Å². The van der Waals surface area contributed by atoms with Gasteiger partial charge in [-0.25, -0.2) is 4.39 Å². The van der Waals surface area contributed by atoms with Crippen molar-refractivity contribution in [3.8, 4) is 0 Å². The highest BCUT2D eigenvalue weighted by Gasteiger charge is 2.06. The van der Waals surface area contributed by atoms with Gasteiger partial charge in [0.05, 0.1) is 5.75 Å². The normalized spacial score (nSPS) is 10.5. The Bertz CT molecular complexity index is 559. The SMILES string of the molecule is CN(C)c1nc(N)nc(CSc2ccc(F)cc2)n1. The maximum atomic E-state index is 12.8. The van der Waals surface area contributed by atoms with E-state index in [4.69, 9.17) is 5.73 Å². The number of aromatic nitrogens is 3. The molecule has 0 aliphatic carbocycles. The number of nitrogens with two attached hydrogens (primary N) is 1. The second-order valence-electron chi connectivity index (χ2n) is 4.05. The predicted molar refractivity (Wildman–Crippen MR) is 74.5 cm³/mol. The van der Waals surface area contributed by atoms with Gasteiger partial charge < -0.3 is 10.6 Å². The number of nitrogens with zero attached hydrogens (tertiary/aromatic N) is 4. The molecule has 5 nitrogen and oxygen atoms in total. The first kappa shape index (κ1) is 13.5. The zero-order valence-corrected chi connectivity index (χ0v) is 11.5. The van der Waals surface area contributed by atoms with Gasteiger partial charge in [0.1, 0.15) is 11.6 Å². The van der Waals surface area contributed by atoms with Crippen LogP contribution in [0.4, 0.5) is 16.3 Å². The van der Waals surface area contributed by atoms with E-state index in [9.17, 15) is 4.39 Å². The molecule has 0 aliphatic heterocycles. The van der Waals surface area contributed by atoms with Crippen LogP contribution in [0.3, 0.4) is 0 Å². The zero-order valence-electron chi connectivity index (χ0n) is 10.7. The van der Waals surface area contributed by atoms with Crippen LogP contribution in [0.5, 0.6) is 0 Å². The monoisotopic (exact) mass is 279 g/mol. The van der Waals surface area contributed by atoms with E-state index in [1.165, 1.54) is 23.9 Å². The Labute approximate surface area is 115 Å². The average Bonchev–Trinajstić information content (AvgIpc) is 2.37. The van der Waals surface area contributed by atoms with Crippen LogP contribution >= 0.6 is 11.8 Å². The molecule has 0 aliphatic rings. The number of hydrogen-bond acceptors (Lipinski definition) is 6. The molecule has 0 atom stereocenters. The summed E-state index contributed by atoms with van der Waals surface area (Å²) in [6.45, 7) is 0. The van der Waals surface area contributed by atoms with E-state index in [1.807, 2.05) is 14.1 Å². The van der Waals surface area contributed by atoms with Crippen molar-refractivity contribution in [2.45, 2.75) is 10.6 Å². The Morgan fingerprint density at radius 3 is 2.47 bits per heavy atom. The Kier molecular flexibility index (Phi) is 4.16. The molecule has 0 unspecified atom stereocenters. The van der Waals surface area contributed by atoms with Gasteiger partial charge in [-0.05, 0) is 24.3 Å². The van der Waals surface area contributed by atoms with E-state index in [-0.39, 0.29) is 11.8 Å². The minimum Gasteiger partial charge on any atom is -0.368 e. The number of anilines is 2. The van der Waals surface area contributed by atoms with Crippen LogP contribution in [0, 0.1) is 5.82 Å². The van der Waals surface area contributed by atoms with E-state index in [0.29, 0.717) is 17.5 Å². The molecule has 0 saturated carbocycles. The van der Waals surface area contributed by atoms with Crippen LogP contribution in [0.1, 0.15) is 5.82 Å². The summed E-state index contributed by atoms with van der Waals surface area (Å²) in [5.41, 5.74) is 5.64. The zero-order chi connectivity index (χ0) is 13.8. The third-order valence-corrected chi connectivity index (χ3v) is 3.28. The summed E-state index contributed by atoms with van der Waals surface area (Å²) in [7, 11) is 3.68. The van der Waals surface area contributed by atoms with Crippen molar-refractivity contribution in [1.82, 2.24) is 15.0 Å². The van der Waals surface area contributed by atoms with Gasteiger partial charge in [0.15, 0.2) is 0 Å². The van der Waals surface area contributed by atoms with Gasteiger partial charge in [-0.2, -0.15) is 15.0 Å². The highest BCUT2D eigenvalue weighted by Crippen LogP contribution is 2.22. The predicted octanol–water partition coefficient (Wildman–Crippen LogP) is 1.95. The molecule has 0 bridgehead atoms. The maximum Gasteiger partial charge on any atom is 0.229 e. The largest absolute Gasteiger partial charge is 0.368 e. The summed E-state index contributed by atoms with van der Waals surface area (Å²) in [6.07, 6.45) is 0. The lowest BCUT2D eigenvalue weighted by Gasteiger charge is -2.11. The van der Waals surface area contributed by atoms with E-state index < -0.39 is 0 Å². The number of thioether (sulfide) groups is 1. The fourth-order valence-electron chi connectivity index (χ4n) is 1.37. The Morgan fingerprint density at radius 2 is 1.84 bits per heavy atom. The summed E-state index contributed by atoms with van der Waals surface area (Å²) in [4.78, 5) is 15.1. The van der Waals surface area contributed by atoms with Crippen LogP contribution in [0.15, 0.2) is 29.2 Å². The van der Waals surface area contributed by atoms with E-state index in [2.05, 4.69) is 15.0 Å². The number of nitrogen functional groups attached to an aromatic ring is 1. The molecule has 0 fully saturated rings. The van der Waals surface area contributed by atoms with Gasteiger partial charge in [0.2, 0.25) is 11.9 Å². The lowest BCUT2D eigenvalue weighted by molar-refractivity contribution is 0.626. The first-order valence-electron chi connectivity index (χ1n) is 5.61. The average molecular weight is 279 g/mol.